The largest absolute Gasteiger partial charge is 0.496 e. The van der Waals surface area contributed by atoms with Gasteiger partial charge < -0.3 is 4.74 Å². The molecule has 0 bridgehead atoms. The summed E-state index contributed by atoms with van der Waals surface area (Å²) in [4.78, 5) is 0. The first kappa shape index (κ1) is 18.0. The summed E-state index contributed by atoms with van der Waals surface area (Å²) in [7, 11) is 1.73. The summed E-state index contributed by atoms with van der Waals surface area (Å²) in [5.41, 5.74) is 6.91. The van der Waals surface area contributed by atoms with Gasteiger partial charge in [0.1, 0.15) is 5.75 Å². The van der Waals surface area contributed by atoms with Gasteiger partial charge in [-0.15, -0.1) is 0 Å². The average Bonchev–Trinajstić information content (AvgIpc) is 2.37. The van der Waals surface area contributed by atoms with Crippen molar-refractivity contribution in [2.45, 2.75) is 60.4 Å². The zero-order valence-corrected chi connectivity index (χ0v) is 14.7. The van der Waals surface area contributed by atoms with Gasteiger partial charge in [0, 0.05) is 11.6 Å². The normalized spacial score (nSPS) is 14.9. The van der Waals surface area contributed by atoms with E-state index in [0.29, 0.717) is 11.3 Å². The van der Waals surface area contributed by atoms with Crippen molar-refractivity contribution in [3.05, 3.63) is 28.8 Å². The van der Waals surface area contributed by atoms with Crippen molar-refractivity contribution < 1.29 is 4.74 Å². The lowest BCUT2D eigenvalue weighted by molar-refractivity contribution is 0.274. The maximum absolute atomic E-state index is 5.82. The van der Waals surface area contributed by atoms with Crippen LogP contribution in [0.25, 0.3) is 0 Å². The first-order valence-corrected chi connectivity index (χ1v) is 7.79. The van der Waals surface area contributed by atoms with E-state index in [-0.39, 0.29) is 6.04 Å². The molecule has 3 N–H and O–H groups in total. The molecular weight excluding hydrogens is 260 g/mol. The molecule has 2 atom stereocenters. The fourth-order valence-corrected chi connectivity index (χ4v) is 3.17. The lowest BCUT2D eigenvalue weighted by Crippen LogP contribution is -2.30. The Kier molecular flexibility index (Phi) is 6.24. The molecule has 0 aliphatic carbocycles. The van der Waals surface area contributed by atoms with Crippen LogP contribution in [-0.2, 0) is 0 Å². The quantitative estimate of drug-likeness (QED) is 0.608. The molecule has 0 aliphatic rings. The van der Waals surface area contributed by atoms with Crippen molar-refractivity contribution in [3.8, 4) is 5.75 Å². The maximum Gasteiger partial charge on any atom is 0.126 e. The molecule has 0 aliphatic heterocycles. The number of hydrogen-bond donors (Lipinski definition) is 2. The standard InChI is InChI=1S/C18H32N2O/c1-12(11-18(4,5)6)10-16(20-19)15-9-8-13(2)14(3)17(15)21-7/h8-9,12,16,20H,10-11,19H2,1-7H3. The van der Waals surface area contributed by atoms with E-state index in [2.05, 4.69) is 59.1 Å². The molecule has 0 amide bonds. The van der Waals surface area contributed by atoms with Gasteiger partial charge in [-0.25, -0.2) is 0 Å². The van der Waals surface area contributed by atoms with Gasteiger partial charge in [0.25, 0.3) is 0 Å². The zero-order valence-electron chi connectivity index (χ0n) is 14.7. The van der Waals surface area contributed by atoms with Crippen LogP contribution in [0.4, 0.5) is 0 Å². The molecule has 0 aromatic heterocycles. The number of nitrogens with one attached hydrogen (secondary N) is 1. The van der Waals surface area contributed by atoms with Crippen LogP contribution in [0.5, 0.6) is 5.75 Å². The molecule has 1 aromatic carbocycles. The fourth-order valence-electron chi connectivity index (χ4n) is 3.17. The van der Waals surface area contributed by atoms with E-state index < -0.39 is 0 Å². The first-order valence-electron chi connectivity index (χ1n) is 7.79. The van der Waals surface area contributed by atoms with E-state index in [4.69, 9.17) is 10.6 Å². The van der Waals surface area contributed by atoms with E-state index in [1.165, 1.54) is 17.5 Å². The van der Waals surface area contributed by atoms with Gasteiger partial charge in [0.05, 0.1) is 7.11 Å². The van der Waals surface area contributed by atoms with Crippen LogP contribution < -0.4 is 16.0 Å². The smallest absolute Gasteiger partial charge is 0.126 e. The molecule has 0 saturated carbocycles. The zero-order chi connectivity index (χ0) is 16.2. The Bertz CT molecular complexity index is 463. The number of aryl methyl sites for hydroxylation is 1. The number of hydrazine groups is 1. The third-order valence-corrected chi connectivity index (χ3v) is 4.09. The van der Waals surface area contributed by atoms with E-state index in [1.807, 2.05) is 0 Å². The highest BCUT2D eigenvalue weighted by atomic mass is 16.5. The minimum absolute atomic E-state index is 0.122. The molecule has 0 radical (unpaired) electrons. The Labute approximate surface area is 130 Å². The molecule has 0 fully saturated rings. The van der Waals surface area contributed by atoms with Gasteiger partial charge in [-0.1, -0.05) is 39.8 Å². The molecule has 0 spiro atoms. The highest BCUT2D eigenvalue weighted by Gasteiger charge is 2.22. The molecule has 21 heavy (non-hydrogen) atoms. The predicted octanol–water partition coefficient (Wildman–Crippen LogP) is 4.28. The van der Waals surface area contributed by atoms with Crippen molar-refractivity contribution in [1.82, 2.24) is 5.43 Å². The first-order chi connectivity index (χ1) is 9.69. The number of rotatable bonds is 6. The van der Waals surface area contributed by atoms with Gasteiger partial charge in [0.15, 0.2) is 0 Å². The van der Waals surface area contributed by atoms with Gasteiger partial charge in [-0.3, -0.25) is 11.3 Å². The summed E-state index contributed by atoms with van der Waals surface area (Å²) < 4.78 is 5.63. The number of methoxy groups -OCH3 is 1. The summed E-state index contributed by atoms with van der Waals surface area (Å²) in [6.07, 6.45) is 2.19. The Balaban J connectivity index is 2.98. The van der Waals surface area contributed by atoms with Gasteiger partial charge in [-0.2, -0.15) is 0 Å². The lowest BCUT2D eigenvalue weighted by Gasteiger charge is -2.28. The van der Waals surface area contributed by atoms with Crippen LogP contribution in [0.3, 0.4) is 0 Å². The molecule has 3 heteroatoms. The molecular formula is C18H32N2O. The Hall–Kier alpha value is -1.06. The number of benzene rings is 1. The van der Waals surface area contributed by atoms with Gasteiger partial charge >= 0.3 is 0 Å². The number of hydrogen-bond acceptors (Lipinski definition) is 3. The van der Waals surface area contributed by atoms with Crippen LogP contribution in [0, 0.1) is 25.2 Å². The molecule has 0 heterocycles. The molecule has 1 rings (SSSR count). The van der Waals surface area contributed by atoms with Crippen LogP contribution in [0.15, 0.2) is 12.1 Å². The van der Waals surface area contributed by atoms with Crippen LogP contribution >= 0.6 is 0 Å². The van der Waals surface area contributed by atoms with Crippen LogP contribution in [0.1, 0.15) is 63.3 Å². The summed E-state index contributed by atoms with van der Waals surface area (Å²) >= 11 is 0. The van der Waals surface area contributed by atoms with Gasteiger partial charge in [0.2, 0.25) is 0 Å². The third kappa shape index (κ3) is 5.01. The SMILES string of the molecule is COc1c(C(CC(C)CC(C)(C)C)NN)ccc(C)c1C. The highest BCUT2D eigenvalue weighted by Crippen LogP contribution is 2.35. The second-order valence-corrected chi connectivity index (χ2v) is 7.45. The van der Waals surface area contributed by atoms with E-state index in [9.17, 15) is 0 Å². The monoisotopic (exact) mass is 292 g/mol. The molecule has 2 unspecified atom stereocenters. The topological polar surface area (TPSA) is 47.3 Å². The Morgan fingerprint density at radius 3 is 2.33 bits per heavy atom. The summed E-state index contributed by atoms with van der Waals surface area (Å²) in [6.45, 7) is 13.3. The summed E-state index contributed by atoms with van der Waals surface area (Å²) in [5, 5.41) is 0. The van der Waals surface area contributed by atoms with E-state index in [1.54, 1.807) is 7.11 Å². The molecule has 3 nitrogen and oxygen atoms in total. The predicted molar refractivity (Wildman–Crippen MR) is 90.4 cm³/mol. The van der Waals surface area contributed by atoms with Crippen molar-refractivity contribution in [2.75, 3.05) is 7.11 Å². The van der Waals surface area contributed by atoms with Crippen molar-refractivity contribution >= 4 is 0 Å². The van der Waals surface area contributed by atoms with E-state index in [0.717, 1.165) is 17.7 Å². The maximum atomic E-state index is 5.82. The van der Waals surface area contributed by atoms with E-state index >= 15 is 0 Å². The lowest BCUT2D eigenvalue weighted by atomic mass is 9.82. The third-order valence-electron chi connectivity index (χ3n) is 4.09. The van der Waals surface area contributed by atoms with Crippen LogP contribution in [0.2, 0.25) is 0 Å². The van der Waals surface area contributed by atoms with Gasteiger partial charge in [-0.05, 0) is 49.1 Å². The number of nitrogens with two attached hydrogens (primary N) is 1. The summed E-state index contributed by atoms with van der Waals surface area (Å²) in [6, 6.07) is 4.40. The second kappa shape index (κ2) is 7.28. The minimum atomic E-state index is 0.122. The molecule has 0 saturated heterocycles. The number of ether oxygens (including phenoxy) is 1. The van der Waals surface area contributed by atoms with Crippen LogP contribution in [-0.4, -0.2) is 7.11 Å². The van der Waals surface area contributed by atoms with Crippen molar-refractivity contribution in [2.24, 2.45) is 17.2 Å². The summed E-state index contributed by atoms with van der Waals surface area (Å²) in [5.74, 6) is 7.38. The molecule has 120 valence electrons. The minimum Gasteiger partial charge on any atom is -0.496 e. The fraction of sp³-hybridized carbons (Fsp3) is 0.667. The van der Waals surface area contributed by atoms with Crippen molar-refractivity contribution in [3.63, 3.8) is 0 Å². The second-order valence-electron chi connectivity index (χ2n) is 7.45. The molecule has 1 aromatic rings. The average molecular weight is 292 g/mol. The Morgan fingerprint density at radius 2 is 1.86 bits per heavy atom. The van der Waals surface area contributed by atoms with Crippen molar-refractivity contribution in [1.29, 1.82) is 0 Å². The Morgan fingerprint density at radius 1 is 1.24 bits per heavy atom. The highest BCUT2D eigenvalue weighted by molar-refractivity contribution is 5.46.